The normalized spacial score (nSPS) is 10.6. The molecular formula is C18H26ClN3O3. The van der Waals surface area contributed by atoms with E-state index >= 15 is 0 Å². The zero-order valence-corrected chi connectivity index (χ0v) is 15.7. The molecule has 1 rings (SSSR count). The molecule has 0 saturated heterocycles. The molecule has 7 heteroatoms. The average molecular weight is 368 g/mol. The van der Waals surface area contributed by atoms with Gasteiger partial charge in [-0.1, -0.05) is 18.2 Å². The second-order valence-corrected chi connectivity index (χ2v) is 6.44. The number of ether oxygens (including phenoxy) is 1. The number of nitrogens with one attached hydrogen (secondary N) is 2. The van der Waals surface area contributed by atoms with E-state index in [1.165, 1.54) is 0 Å². The van der Waals surface area contributed by atoms with Gasteiger partial charge >= 0.3 is 0 Å². The summed E-state index contributed by atoms with van der Waals surface area (Å²) in [4.78, 5) is 25.5. The predicted octanol–water partition coefficient (Wildman–Crippen LogP) is 2.20. The maximum absolute atomic E-state index is 11.8. The minimum Gasteiger partial charge on any atom is -0.484 e. The summed E-state index contributed by atoms with van der Waals surface area (Å²) in [5, 5.41) is 6.06. The van der Waals surface area contributed by atoms with Gasteiger partial charge in [0.2, 0.25) is 5.91 Å². The van der Waals surface area contributed by atoms with Crippen molar-refractivity contribution in [3.8, 4) is 5.75 Å². The summed E-state index contributed by atoms with van der Waals surface area (Å²) in [7, 11) is 1.88. The van der Waals surface area contributed by atoms with Crippen molar-refractivity contribution < 1.29 is 14.3 Å². The third kappa shape index (κ3) is 9.12. The molecule has 0 aliphatic rings. The minimum atomic E-state index is -0.242. The van der Waals surface area contributed by atoms with Crippen molar-refractivity contribution in [1.29, 1.82) is 0 Å². The van der Waals surface area contributed by atoms with Gasteiger partial charge in [0.25, 0.3) is 5.91 Å². The maximum atomic E-state index is 11.8. The molecule has 0 heterocycles. The zero-order valence-electron chi connectivity index (χ0n) is 15.0. The standard InChI is InChI=1S/C18H26ClN3O3/c1-13(2)22(4)11-17(23)21-14(3)9-10-20-18(24)12-25-16-7-5-15(19)6-8-16/h5-8,13H,3,9-12H2,1-2,4H3,(H,20,24)(H,21,23). The van der Waals surface area contributed by atoms with Crippen LogP contribution >= 0.6 is 11.6 Å². The van der Waals surface area contributed by atoms with Crippen molar-refractivity contribution in [2.45, 2.75) is 26.3 Å². The van der Waals surface area contributed by atoms with Crippen LogP contribution in [0.15, 0.2) is 36.5 Å². The van der Waals surface area contributed by atoms with E-state index in [9.17, 15) is 9.59 Å². The Hall–Kier alpha value is -2.05. The Morgan fingerprint density at radius 3 is 2.48 bits per heavy atom. The van der Waals surface area contributed by atoms with E-state index in [1.807, 2.05) is 25.8 Å². The molecule has 2 amide bonds. The molecule has 0 bridgehead atoms. The van der Waals surface area contributed by atoms with E-state index in [2.05, 4.69) is 17.2 Å². The number of hydrogen-bond donors (Lipinski definition) is 2. The Kier molecular flexibility index (Phi) is 9.02. The number of hydrogen-bond acceptors (Lipinski definition) is 4. The lowest BCUT2D eigenvalue weighted by Gasteiger charge is -2.20. The van der Waals surface area contributed by atoms with Gasteiger partial charge < -0.3 is 15.4 Å². The molecule has 0 fully saturated rings. The molecule has 0 radical (unpaired) electrons. The lowest BCUT2D eigenvalue weighted by molar-refractivity contribution is -0.123. The number of amides is 2. The Labute approximate surface area is 154 Å². The Bertz CT molecular complexity index is 588. The summed E-state index contributed by atoms with van der Waals surface area (Å²) < 4.78 is 5.34. The van der Waals surface area contributed by atoms with Crippen LogP contribution < -0.4 is 15.4 Å². The van der Waals surface area contributed by atoms with Crippen molar-refractivity contribution >= 4 is 23.4 Å². The van der Waals surface area contributed by atoms with Crippen LogP contribution in [-0.4, -0.2) is 49.5 Å². The lowest BCUT2D eigenvalue weighted by Crippen LogP contribution is -2.38. The van der Waals surface area contributed by atoms with Gasteiger partial charge in [-0.05, 0) is 45.2 Å². The fourth-order valence-corrected chi connectivity index (χ4v) is 1.92. The van der Waals surface area contributed by atoms with Gasteiger partial charge in [0.1, 0.15) is 5.75 Å². The molecule has 1 aromatic carbocycles. The molecule has 0 aliphatic carbocycles. The van der Waals surface area contributed by atoms with E-state index in [4.69, 9.17) is 16.3 Å². The van der Waals surface area contributed by atoms with Crippen LogP contribution in [0.3, 0.4) is 0 Å². The molecule has 2 N–H and O–H groups in total. The summed E-state index contributed by atoms with van der Waals surface area (Å²) in [6.45, 7) is 8.43. The van der Waals surface area contributed by atoms with Crippen molar-refractivity contribution in [2.24, 2.45) is 0 Å². The van der Waals surface area contributed by atoms with Crippen molar-refractivity contribution in [3.63, 3.8) is 0 Å². The van der Waals surface area contributed by atoms with Crippen molar-refractivity contribution in [1.82, 2.24) is 15.5 Å². The third-order valence-electron chi connectivity index (χ3n) is 3.52. The van der Waals surface area contributed by atoms with Gasteiger partial charge in [-0.15, -0.1) is 0 Å². The zero-order chi connectivity index (χ0) is 18.8. The Morgan fingerprint density at radius 2 is 1.88 bits per heavy atom. The highest BCUT2D eigenvalue weighted by atomic mass is 35.5. The third-order valence-corrected chi connectivity index (χ3v) is 3.78. The van der Waals surface area contributed by atoms with Crippen LogP contribution in [0.2, 0.25) is 5.02 Å². The van der Waals surface area contributed by atoms with Crippen molar-refractivity contribution in [2.75, 3.05) is 26.7 Å². The first kappa shape index (κ1) is 21.0. The van der Waals surface area contributed by atoms with Crippen LogP contribution in [0.25, 0.3) is 0 Å². The first-order valence-electron chi connectivity index (χ1n) is 8.11. The number of rotatable bonds is 10. The predicted molar refractivity (Wildman–Crippen MR) is 99.6 cm³/mol. The molecular weight excluding hydrogens is 342 g/mol. The van der Waals surface area contributed by atoms with Crippen LogP contribution in [0, 0.1) is 0 Å². The van der Waals surface area contributed by atoms with Gasteiger partial charge in [0, 0.05) is 29.7 Å². The van der Waals surface area contributed by atoms with Gasteiger partial charge in [0.15, 0.2) is 6.61 Å². The summed E-state index contributed by atoms with van der Waals surface area (Å²) in [5.74, 6) is 0.220. The fraction of sp³-hybridized carbons (Fsp3) is 0.444. The molecule has 138 valence electrons. The maximum Gasteiger partial charge on any atom is 0.257 e. The summed E-state index contributed by atoms with van der Waals surface area (Å²) in [5.41, 5.74) is 0.570. The number of halogens is 1. The van der Waals surface area contributed by atoms with Crippen LogP contribution in [0.5, 0.6) is 5.75 Å². The SMILES string of the molecule is C=C(CCNC(=O)COc1ccc(Cl)cc1)NC(=O)CN(C)C(C)C. The Balaban J connectivity index is 2.18. The highest BCUT2D eigenvalue weighted by Gasteiger charge is 2.10. The van der Waals surface area contributed by atoms with Crippen LogP contribution in [-0.2, 0) is 9.59 Å². The lowest BCUT2D eigenvalue weighted by atomic mass is 10.3. The topological polar surface area (TPSA) is 70.7 Å². The first-order valence-corrected chi connectivity index (χ1v) is 8.48. The minimum absolute atomic E-state index is 0.0837. The van der Waals surface area contributed by atoms with Gasteiger partial charge in [-0.2, -0.15) is 0 Å². The number of carbonyl (C=O) groups excluding carboxylic acids is 2. The summed E-state index contributed by atoms with van der Waals surface area (Å²) >= 11 is 5.78. The molecule has 25 heavy (non-hydrogen) atoms. The molecule has 6 nitrogen and oxygen atoms in total. The second-order valence-electron chi connectivity index (χ2n) is 6.00. The van der Waals surface area contributed by atoms with Crippen LogP contribution in [0.4, 0.5) is 0 Å². The molecule has 0 spiro atoms. The fourth-order valence-electron chi connectivity index (χ4n) is 1.79. The number of carbonyl (C=O) groups is 2. The van der Waals surface area contributed by atoms with Gasteiger partial charge in [0.05, 0.1) is 6.54 Å². The molecule has 0 aliphatic heterocycles. The average Bonchev–Trinajstić information content (AvgIpc) is 2.54. The molecule has 0 atom stereocenters. The van der Waals surface area contributed by atoms with Crippen molar-refractivity contribution in [3.05, 3.63) is 41.6 Å². The van der Waals surface area contributed by atoms with Gasteiger partial charge in [-0.3, -0.25) is 14.5 Å². The smallest absolute Gasteiger partial charge is 0.257 e. The summed E-state index contributed by atoms with van der Waals surface area (Å²) in [6.07, 6.45) is 0.462. The largest absolute Gasteiger partial charge is 0.484 e. The highest BCUT2D eigenvalue weighted by Crippen LogP contribution is 2.15. The van der Waals surface area contributed by atoms with Gasteiger partial charge in [-0.25, -0.2) is 0 Å². The van der Waals surface area contributed by atoms with E-state index < -0.39 is 0 Å². The first-order chi connectivity index (χ1) is 11.8. The number of benzene rings is 1. The quantitative estimate of drug-likeness (QED) is 0.665. The van der Waals surface area contributed by atoms with E-state index in [0.29, 0.717) is 42.0 Å². The highest BCUT2D eigenvalue weighted by molar-refractivity contribution is 6.30. The van der Waals surface area contributed by atoms with E-state index in [0.717, 1.165) is 0 Å². The van der Waals surface area contributed by atoms with E-state index in [-0.39, 0.29) is 18.4 Å². The Morgan fingerprint density at radius 1 is 1.24 bits per heavy atom. The second kappa shape index (κ2) is 10.7. The molecule has 0 aromatic heterocycles. The van der Waals surface area contributed by atoms with E-state index in [1.54, 1.807) is 24.3 Å². The van der Waals surface area contributed by atoms with Crippen LogP contribution in [0.1, 0.15) is 20.3 Å². The molecule has 0 unspecified atom stereocenters. The molecule has 1 aromatic rings. The monoisotopic (exact) mass is 367 g/mol. The summed E-state index contributed by atoms with van der Waals surface area (Å²) in [6, 6.07) is 7.07. The number of likely N-dealkylation sites (N-methyl/N-ethyl adjacent to an activating group) is 1. The molecule has 0 saturated carbocycles. The number of nitrogens with zero attached hydrogens (tertiary/aromatic N) is 1.